The number of fused-ring (bicyclic) bond motifs is 1. The summed E-state index contributed by atoms with van der Waals surface area (Å²) >= 11 is 5.93. The summed E-state index contributed by atoms with van der Waals surface area (Å²) in [5.41, 5.74) is 7.99. The third-order valence-corrected chi connectivity index (χ3v) is 7.24. The monoisotopic (exact) mass is 491 g/mol. The van der Waals surface area contributed by atoms with Crippen LogP contribution in [0.25, 0.3) is 22.3 Å². The maximum absolute atomic E-state index is 5.93. The molecule has 0 aliphatic heterocycles. The maximum Gasteiger partial charge on any atom is 0.183 e. The van der Waals surface area contributed by atoms with Crippen molar-refractivity contribution in [2.24, 2.45) is 0 Å². The van der Waals surface area contributed by atoms with Crippen molar-refractivity contribution in [2.75, 3.05) is 5.32 Å². The molecule has 0 spiro atoms. The molecule has 0 amide bonds. The Kier molecular flexibility index (Phi) is 6.26. The van der Waals surface area contributed by atoms with Crippen molar-refractivity contribution in [3.63, 3.8) is 0 Å². The highest BCUT2D eigenvalue weighted by Gasteiger charge is 2.22. The molecule has 2 aromatic heterocycles. The average molecular weight is 492 g/mol. The first-order chi connectivity index (χ1) is 17.8. The van der Waals surface area contributed by atoms with Crippen LogP contribution in [-0.4, -0.2) is 19.5 Å². The van der Waals surface area contributed by atoms with Crippen molar-refractivity contribution in [1.29, 1.82) is 0 Å². The maximum atomic E-state index is 5.93. The second-order valence-corrected chi connectivity index (χ2v) is 9.75. The van der Waals surface area contributed by atoms with Crippen LogP contribution in [-0.2, 0) is 6.42 Å². The molecular formula is C30H29N5S. The molecule has 6 heteroatoms. The van der Waals surface area contributed by atoms with E-state index in [1.807, 2.05) is 6.07 Å². The first-order valence-corrected chi connectivity index (χ1v) is 13.0. The molecule has 0 fully saturated rings. The molecule has 0 saturated heterocycles. The molecule has 36 heavy (non-hydrogen) atoms. The summed E-state index contributed by atoms with van der Waals surface area (Å²) in [5.74, 6) is 0.975. The highest BCUT2D eigenvalue weighted by atomic mass is 32.1. The minimum absolute atomic E-state index is 0.0909. The number of anilines is 1. The summed E-state index contributed by atoms with van der Waals surface area (Å²) in [6.07, 6.45) is 9.55. The summed E-state index contributed by atoms with van der Waals surface area (Å²) in [4.78, 5) is 11.2. The summed E-state index contributed by atoms with van der Waals surface area (Å²) in [5, 5.41) is 3.87. The zero-order valence-corrected chi connectivity index (χ0v) is 20.9. The molecule has 0 saturated carbocycles. The first kappa shape index (κ1) is 22.6. The van der Waals surface area contributed by atoms with Crippen molar-refractivity contribution < 1.29 is 0 Å². The lowest BCUT2D eigenvalue weighted by molar-refractivity contribution is 0.736. The topological polar surface area (TPSA) is 61.4 Å². The second-order valence-electron chi connectivity index (χ2n) is 9.37. The van der Waals surface area contributed by atoms with Crippen molar-refractivity contribution in [1.82, 2.24) is 19.5 Å². The minimum atomic E-state index is 0.0909. The molecule has 3 N–H and O–H groups in total. The largest absolute Gasteiger partial charge is 0.363 e. The normalized spacial score (nSPS) is 14.5. The van der Waals surface area contributed by atoms with Crippen LogP contribution in [0.3, 0.4) is 0 Å². The van der Waals surface area contributed by atoms with Crippen LogP contribution in [0, 0.1) is 4.77 Å². The smallest absolute Gasteiger partial charge is 0.183 e. The van der Waals surface area contributed by atoms with Gasteiger partial charge in [0.1, 0.15) is 5.82 Å². The third kappa shape index (κ3) is 4.52. The molecule has 1 aliphatic rings. The number of rotatable bonds is 7. The fraction of sp³-hybridized carbons (Fsp3) is 0.200. The van der Waals surface area contributed by atoms with Crippen LogP contribution in [0.4, 0.5) is 5.82 Å². The quantitative estimate of drug-likeness (QED) is 0.204. The van der Waals surface area contributed by atoms with Crippen LogP contribution >= 0.6 is 12.2 Å². The van der Waals surface area contributed by atoms with Gasteiger partial charge in [-0.15, -0.1) is 0 Å². The number of H-pyrrole nitrogens is 2. The van der Waals surface area contributed by atoms with Gasteiger partial charge >= 0.3 is 0 Å². The first-order valence-electron chi connectivity index (χ1n) is 12.6. The van der Waals surface area contributed by atoms with E-state index in [2.05, 4.69) is 104 Å². The van der Waals surface area contributed by atoms with Gasteiger partial charge in [0.25, 0.3) is 0 Å². The second kappa shape index (κ2) is 9.99. The van der Waals surface area contributed by atoms with Crippen LogP contribution in [0.15, 0.2) is 91.3 Å². The zero-order valence-electron chi connectivity index (χ0n) is 20.1. The van der Waals surface area contributed by atoms with Gasteiger partial charge in [-0.3, -0.25) is 4.57 Å². The fourth-order valence-electron chi connectivity index (χ4n) is 5.17. The number of benzene rings is 3. The van der Waals surface area contributed by atoms with Gasteiger partial charge in [-0.25, -0.2) is 4.98 Å². The Bertz CT molecular complexity index is 1560. The molecule has 0 radical (unpaired) electrons. The van der Waals surface area contributed by atoms with Crippen molar-refractivity contribution >= 4 is 34.6 Å². The minimum Gasteiger partial charge on any atom is -0.363 e. The van der Waals surface area contributed by atoms with Gasteiger partial charge < -0.3 is 15.3 Å². The molecule has 0 bridgehead atoms. The Morgan fingerprint density at radius 2 is 1.78 bits per heavy atom. The fourth-order valence-corrected chi connectivity index (χ4v) is 5.47. The predicted molar refractivity (Wildman–Crippen MR) is 150 cm³/mol. The Morgan fingerprint density at radius 3 is 2.56 bits per heavy atom. The number of allylic oxidation sites excluding steroid dienone is 2. The number of hydrogen-bond acceptors (Lipinski definition) is 3. The predicted octanol–water partition coefficient (Wildman–Crippen LogP) is 7.76. The van der Waals surface area contributed by atoms with Gasteiger partial charge in [0.2, 0.25) is 0 Å². The van der Waals surface area contributed by atoms with E-state index >= 15 is 0 Å². The summed E-state index contributed by atoms with van der Waals surface area (Å²) in [7, 11) is 0. The molecule has 180 valence electrons. The Balaban J connectivity index is 1.46. The number of aromatic nitrogens is 4. The molecule has 3 aromatic carbocycles. The van der Waals surface area contributed by atoms with Crippen LogP contribution in [0.5, 0.6) is 0 Å². The average Bonchev–Trinajstić information content (AvgIpc) is 3.53. The molecule has 1 unspecified atom stereocenters. The summed E-state index contributed by atoms with van der Waals surface area (Å²) in [6, 6.07) is 27.7. The van der Waals surface area contributed by atoms with E-state index in [0.717, 1.165) is 47.5 Å². The number of aromatic amines is 2. The van der Waals surface area contributed by atoms with Crippen molar-refractivity contribution in [3.8, 4) is 5.69 Å². The van der Waals surface area contributed by atoms with Gasteiger partial charge in [0, 0.05) is 0 Å². The lowest BCUT2D eigenvalue weighted by Crippen LogP contribution is -2.15. The van der Waals surface area contributed by atoms with E-state index in [9.17, 15) is 0 Å². The van der Waals surface area contributed by atoms with E-state index in [0.29, 0.717) is 4.77 Å². The molecular weight excluding hydrogens is 462 g/mol. The molecule has 1 aliphatic carbocycles. The van der Waals surface area contributed by atoms with Crippen molar-refractivity contribution in [3.05, 3.63) is 113 Å². The standard InChI is InChI=1S/C30H29N5S/c36-30-34-29(33-26(22-12-6-2-7-13-22)18-21-10-4-1-5-11-21)28(23-14-8-3-9-15-23)35(30)24-16-17-25-27(19-24)32-20-31-25/h1-2,4-7,10-14,16-17,19-20,26,33H,3,8-9,15,18H2,(H,31,32)(H,34,36). The third-order valence-electron chi connectivity index (χ3n) is 6.96. The Hall–Kier alpha value is -3.90. The highest BCUT2D eigenvalue weighted by Crippen LogP contribution is 2.36. The Labute approximate surface area is 215 Å². The number of imidazole rings is 2. The molecule has 1 atom stereocenters. The van der Waals surface area contributed by atoms with Crippen LogP contribution < -0.4 is 5.32 Å². The van der Waals surface area contributed by atoms with E-state index in [1.54, 1.807) is 6.33 Å². The van der Waals surface area contributed by atoms with Gasteiger partial charge in [-0.2, -0.15) is 0 Å². The molecule has 6 rings (SSSR count). The number of nitrogens with one attached hydrogen (secondary N) is 3. The van der Waals surface area contributed by atoms with E-state index in [-0.39, 0.29) is 6.04 Å². The number of hydrogen-bond donors (Lipinski definition) is 3. The Morgan fingerprint density at radius 1 is 0.972 bits per heavy atom. The van der Waals surface area contributed by atoms with Crippen LogP contribution in [0.1, 0.15) is 48.5 Å². The van der Waals surface area contributed by atoms with Crippen LogP contribution in [0.2, 0.25) is 0 Å². The van der Waals surface area contributed by atoms with Crippen molar-refractivity contribution in [2.45, 2.75) is 38.1 Å². The molecule has 5 nitrogen and oxygen atoms in total. The van der Waals surface area contributed by atoms with Gasteiger partial charge in [-0.1, -0.05) is 66.7 Å². The highest BCUT2D eigenvalue weighted by molar-refractivity contribution is 7.71. The van der Waals surface area contributed by atoms with E-state index in [4.69, 9.17) is 12.2 Å². The summed E-state index contributed by atoms with van der Waals surface area (Å²) < 4.78 is 2.86. The lowest BCUT2D eigenvalue weighted by atomic mass is 9.95. The zero-order chi connectivity index (χ0) is 24.3. The lowest BCUT2D eigenvalue weighted by Gasteiger charge is -2.23. The molecule has 5 aromatic rings. The summed E-state index contributed by atoms with van der Waals surface area (Å²) in [6.45, 7) is 0. The van der Waals surface area contributed by atoms with Gasteiger partial charge in [-0.05, 0) is 79.2 Å². The SMILES string of the molecule is S=c1[nH]c(NC(Cc2ccccc2)c2ccccc2)c(C2=CCCCC2)n1-c1ccc2nc[nH]c2c1. The number of nitrogens with zero attached hydrogens (tertiary/aromatic N) is 2. The van der Waals surface area contributed by atoms with Gasteiger partial charge in [0.15, 0.2) is 4.77 Å². The molecule has 2 heterocycles. The van der Waals surface area contributed by atoms with Gasteiger partial charge in [0.05, 0.1) is 34.8 Å². The van der Waals surface area contributed by atoms with E-state index in [1.165, 1.54) is 29.5 Å². The van der Waals surface area contributed by atoms with E-state index < -0.39 is 0 Å².